The van der Waals surface area contributed by atoms with Gasteiger partial charge < -0.3 is 9.47 Å². The Balaban J connectivity index is 1.77. The molecule has 8 heteroatoms. The summed E-state index contributed by atoms with van der Waals surface area (Å²) in [5.41, 5.74) is 0.630. The van der Waals surface area contributed by atoms with Crippen molar-refractivity contribution in [1.29, 1.82) is 5.26 Å². The Hall–Kier alpha value is -2.50. The number of hydrogen-bond acceptors (Lipinski definition) is 7. The van der Waals surface area contributed by atoms with E-state index >= 15 is 0 Å². The minimum absolute atomic E-state index is 0.00362. The number of ether oxygens (including phenoxy) is 2. The van der Waals surface area contributed by atoms with Crippen molar-refractivity contribution in [3.8, 4) is 6.07 Å². The average molecular weight is 302 g/mol. The van der Waals surface area contributed by atoms with Gasteiger partial charge in [-0.3, -0.25) is 15.0 Å². The summed E-state index contributed by atoms with van der Waals surface area (Å²) in [7, 11) is 0. The highest BCUT2D eigenvalue weighted by Crippen LogP contribution is 2.23. The number of non-ortho nitro benzene ring substituents is 1. The van der Waals surface area contributed by atoms with E-state index in [1.807, 2.05) is 4.90 Å². The zero-order valence-electron chi connectivity index (χ0n) is 11.7. The fraction of sp³-hybridized carbons (Fsp3) is 0.429. The molecule has 2 heterocycles. The molecule has 1 fully saturated rings. The maximum Gasteiger partial charge on any atom is 0.269 e. The first-order valence-electron chi connectivity index (χ1n) is 6.90. The molecule has 1 aromatic carbocycles. The average Bonchev–Trinajstić information content (AvgIpc) is 3.00. The number of nitro groups is 1. The van der Waals surface area contributed by atoms with Gasteiger partial charge in [0.2, 0.25) is 5.90 Å². The second kappa shape index (κ2) is 6.09. The van der Waals surface area contributed by atoms with Crippen molar-refractivity contribution in [2.24, 2.45) is 4.99 Å². The van der Waals surface area contributed by atoms with Crippen LogP contribution in [0.1, 0.15) is 5.56 Å². The van der Waals surface area contributed by atoms with Crippen LogP contribution in [0, 0.1) is 21.4 Å². The maximum absolute atomic E-state index is 10.7. The minimum Gasteiger partial charge on any atom is -0.455 e. The standard InChI is InChI=1S/C14H14N4O4/c15-9-12-14(17-5-7-21-8-6-17)22-13(16-12)10-1-3-11(4-2-10)18(19)20/h1-4,12,14H,5-8H2/t12-,14-/m0/s1. The third kappa shape index (κ3) is 2.77. The summed E-state index contributed by atoms with van der Waals surface area (Å²) in [4.78, 5) is 16.5. The Kier molecular flexibility index (Phi) is 4.00. The van der Waals surface area contributed by atoms with Gasteiger partial charge in [0, 0.05) is 30.8 Å². The summed E-state index contributed by atoms with van der Waals surface area (Å²) in [6.07, 6.45) is -0.431. The highest BCUT2D eigenvalue weighted by atomic mass is 16.6. The lowest BCUT2D eigenvalue weighted by Gasteiger charge is -2.32. The first-order chi connectivity index (χ1) is 10.7. The van der Waals surface area contributed by atoms with Crippen LogP contribution in [0.15, 0.2) is 29.3 Å². The fourth-order valence-corrected chi connectivity index (χ4v) is 2.47. The highest BCUT2D eigenvalue weighted by Gasteiger charge is 2.37. The van der Waals surface area contributed by atoms with Crippen molar-refractivity contribution in [2.45, 2.75) is 12.3 Å². The van der Waals surface area contributed by atoms with Crippen molar-refractivity contribution in [3.63, 3.8) is 0 Å². The zero-order valence-corrected chi connectivity index (χ0v) is 11.7. The lowest BCUT2D eigenvalue weighted by molar-refractivity contribution is -0.384. The van der Waals surface area contributed by atoms with Gasteiger partial charge in [-0.15, -0.1) is 0 Å². The van der Waals surface area contributed by atoms with Crippen molar-refractivity contribution in [3.05, 3.63) is 39.9 Å². The zero-order chi connectivity index (χ0) is 15.5. The summed E-state index contributed by atoms with van der Waals surface area (Å²) in [6, 6.07) is 7.47. The molecule has 114 valence electrons. The fourth-order valence-electron chi connectivity index (χ4n) is 2.47. The Labute approximate surface area is 126 Å². The molecule has 2 aliphatic rings. The molecule has 2 aliphatic heterocycles. The number of nitrogens with zero attached hydrogens (tertiary/aromatic N) is 4. The monoisotopic (exact) mass is 302 g/mol. The molecule has 0 unspecified atom stereocenters. The predicted molar refractivity (Wildman–Crippen MR) is 76.3 cm³/mol. The molecule has 22 heavy (non-hydrogen) atoms. The molecule has 0 N–H and O–H groups in total. The molecule has 0 spiro atoms. The van der Waals surface area contributed by atoms with Gasteiger partial charge in [-0.2, -0.15) is 5.26 Å². The van der Waals surface area contributed by atoms with E-state index in [1.165, 1.54) is 12.1 Å². The number of morpholine rings is 1. The number of nitro benzene ring substituents is 1. The summed E-state index contributed by atoms with van der Waals surface area (Å²) in [6.45, 7) is 2.58. The van der Waals surface area contributed by atoms with Crippen LogP contribution in [0.2, 0.25) is 0 Å². The van der Waals surface area contributed by atoms with Gasteiger partial charge in [-0.25, -0.2) is 4.99 Å². The summed E-state index contributed by atoms with van der Waals surface area (Å²) < 4.78 is 11.1. The van der Waals surface area contributed by atoms with Crippen LogP contribution in [0.3, 0.4) is 0 Å². The minimum atomic E-state index is -0.608. The third-order valence-electron chi connectivity index (χ3n) is 3.62. The van der Waals surface area contributed by atoms with E-state index in [-0.39, 0.29) is 5.69 Å². The van der Waals surface area contributed by atoms with E-state index in [2.05, 4.69) is 11.1 Å². The van der Waals surface area contributed by atoms with Crippen molar-refractivity contribution in [2.75, 3.05) is 26.3 Å². The van der Waals surface area contributed by atoms with E-state index < -0.39 is 17.2 Å². The normalized spacial score (nSPS) is 25.1. The first kappa shape index (κ1) is 14.4. The van der Waals surface area contributed by atoms with Gasteiger partial charge in [0.1, 0.15) is 0 Å². The molecule has 8 nitrogen and oxygen atoms in total. The van der Waals surface area contributed by atoms with Gasteiger partial charge in [-0.1, -0.05) is 0 Å². The smallest absolute Gasteiger partial charge is 0.269 e. The quantitative estimate of drug-likeness (QED) is 0.608. The first-order valence-corrected chi connectivity index (χ1v) is 6.90. The number of aliphatic imine (C=N–C) groups is 1. The van der Waals surface area contributed by atoms with E-state index in [4.69, 9.17) is 9.47 Å². The number of rotatable bonds is 3. The number of nitriles is 1. The van der Waals surface area contributed by atoms with Crippen molar-refractivity contribution >= 4 is 11.6 Å². The Morgan fingerprint density at radius 1 is 1.32 bits per heavy atom. The Morgan fingerprint density at radius 3 is 2.59 bits per heavy atom. The molecular weight excluding hydrogens is 288 g/mol. The van der Waals surface area contributed by atoms with Crippen molar-refractivity contribution < 1.29 is 14.4 Å². The van der Waals surface area contributed by atoms with Gasteiger partial charge in [-0.05, 0) is 12.1 Å². The van der Waals surface area contributed by atoms with Crippen molar-refractivity contribution in [1.82, 2.24) is 4.90 Å². The van der Waals surface area contributed by atoms with Crippen LogP contribution in [-0.2, 0) is 9.47 Å². The van der Waals surface area contributed by atoms with Gasteiger partial charge >= 0.3 is 0 Å². The number of benzene rings is 1. The lowest BCUT2D eigenvalue weighted by Crippen LogP contribution is -2.47. The summed E-state index contributed by atoms with van der Waals surface area (Å²) >= 11 is 0. The molecule has 0 saturated carbocycles. The molecule has 1 saturated heterocycles. The van der Waals surface area contributed by atoms with Crippen LogP contribution in [-0.4, -0.2) is 54.3 Å². The Bertz CT molecular complexity index is 631. The predicted octanol–water partition coefficient (Wildman–Crippen LogP) is 0.922. The van der Waals surface area contributed by atoms with Crippen LogP contribution in [0.25, 0.3) is 0 Å². The van der Waals surface area contributed by atoms with Crippen LogP contribution in [0.5, 0.6) is 0 Å². The van der Waals surface area contributed by atoms with Gasteiger partial charge in [0.25, 0.3) is 5.69 Å². The molecule has 0 bridgehead atoms. The molecule has 0 radical (unpaired) electrons. The second-order valence-corrected chi connectivity index (χ2v) is 4.97. The van der Waals surface area contributed by atoms with E-state index in [0.29, 0.717) is 37.8 Å². The van der Waals surface area contributed by atoms with Gasteiger partial charge in [0.15, 0.2) is 12.3 Å². The third-order valence-corrected chi connectivity index (χ3v) is 3.62. The topological polar surface area (TPSA) is 101 Å². The summed E-state index contributed by atoms with van der Waals surface area (Å²) in [5.74, 6) is 0.345. The van der Waals surface area contributed by atoms with Crippen LogP contribution >= 0.6 is 0 Å². The molecule has 0 aromatic heterocycles. The molecule has 0 aliphatic carbocycles. The second-order valence-electron chi connectivity index (χ2n) is 4.97. The summed E-state index contributed by atoms with van der Waals surface area (Å²) in [5, 5.41) is 19.9. The highest BCUT2D eigenvalue weighted by molar-refractivity contribution is 5.95. The van der Waals surface area contributed by atoms with Crippen LogP contribution < -0.4 is 0 Å². The van der Waals surface area contributed by atoms with Crippen LogP contribution in [0.4, 0.5) is 5.69 Å². The van der Waals surface area contributed by atoms with E-state index in [1.54, 1.807) is 12.1 Å². The molecule has 1 aromatic rings. The lowest BCUT2D eigenvalue weighted by atomic mass is 10.2. The van der Waals surface area contributed by atoms with E-state index in [9.17, 15) is 15.4 Å². The maximum atomic E-state index is 10.7. The molecule has 2 atom stereocenters. The molecule has 3 rings (SSSR count). The van der Waals surface area contributed by atoms with E-state index in [0.717, 1.165) is 0 Å². The Morgan fingerprint density at radius 2 is 2.00 bits per heavy atom. The molecule has 0 amide bonds. The largest absolute Gasteiger partial charge is 0.455 e. The van der Waals surface area contributed by atoms with Gasteiger partial charge in [0.05, 0.1) is 24.2 Å². The SMILES string of the molecule is N#C[C@@H]1N=C(c2ccc([N+](=O)[O-])cc2)O[C@@H]1N1CCOCC1. The molecular formula is C14H14N4O4. The number of hydrogen-bond donors (Lipinski definition) is 0.